The first kappa shape index (κ1) is 11.4. The molecule has 2 nitrogen and oxygen atoms in total. The van der Waals surface area contributed by atoms with Gasteiger partial charge in [0.05, 0.1) is 13.2 Å². The van der Waals surface area contributed by atoms with Crippen molar-refractivity contribution in [2.45, 2.75) is 31.8 Å². The van der Waals surface area contributed by atoms with Crippen molar-refractivity contribution in [2.75, 3.05) is 7.11 Å². The van der Waals surface area contributed by atoms with E-state index < -0.39 is 0 Å². The minimum absolute atomic E-state index is 0.196. The lowest BCUT2D eigenvalue weighted by atomic mass is 9.96. The molecule has 0 bridgehead atoms. The molecule has 0 aliphatic heterocycles. The number of aliphatic hydroxyl groups is 1. The molecule has 16 heavy (non-hydrogen) atoms. The van der Waals surface area contributed by atoms with Gasteiger partial charge in [0.15, 0.2) is 11.6 Å². The summed E-state index contributed by atoms with van der Waals surface area (Å²) in [6.45, 7) is 0. The molecular formula is C13H17FO2. The molecule has 2 atom stereocenters. The fourth-order valence-corrected chi connectivity index (χ4v) is 2.41. The molecule has 0 saturated heterocycles. The number of hydrogen-bond donors (Lipinski definition) is 1. The quantitative estimate of drug-likeness (QED) is 0.855. The zero-order chi connectivity index (χ0) is 11.5. The predicted octanol–water partition coefficient (Wildman–Crippen LogP) is 2.54. The van der Waals surface area contributed by atoms with Crippen molar-refractivity contribution < 1.29 is 14.2 Å². The van der Waals surface area contributed by atoms with E-state index in [1.807, 2.05) is 0 Å². The molecular weight excluding hydrogens is 207 g/mol. The maximum absolute atomic E-state index is 13.8. The second-order valence-electron chi connectivity index (χ2n) is 4.40. The smallest absolute Gasteiger partial charge is 0.168 e. The van der Waals surface area contributed by atoms with Crippen LogP contribution in [-0.2, 0) is 6.42 Å². The number of ether oxygens (including phenoxy) is 1. The average molecular weight is 224 g/mol. The molecule has 88 valence electrons. The van der Waals surface area contributed by atoms with Gasteiger partial charge in [-0.3, -0.25) is 0 Å². The third kappa shape index (κ3) is 2.19. The highest BCUT2D eigenvalue weighted by Gasteiger charge is 2.26. The van der Waals surface area contributed by atoms with Gasteiger partial charge < -0.3 is 9.84 Å². The fourth-order valence-electron chi connectivity index (χ4n) is 2.41. The molecule has 0 spiro atoms. The number of halogens is 1. The molecule has 0 amide bonds. The molecule has 3 heteroatoms. The molecule has 0 aromatic heterocycles. The summed E-state index contributed by atoms with van der Waals surface area (Å²) in [6.07, 6.45) is 3.20. The molecule has 0 radical (unpaired) electrons. The van der Waals surface area contributed by atoms with Gasteiger partial charge in [0.2, 0.25) is 0 Å². The van der Waals surface area contributed by atoms with E-state index >= 15 is 0 Å². The SMILES string of the molecule is COc1cccc(CC2CCCC2O)c1F. The van der Waals surface area contributed by atoms with Crippen molar-refractivity contribution >= 4 is 0 Å². The van der Waals surface area contributed by atoms with Crippen LogP contribution >= 0.6 is 0 Å². The normalized spacial score (nSPS) is 24.7. The monoisotopic (exact) mass is 224 g/mol. The van der Waals surface area contributed by atoms with Gasteiger partial charge in [-0.25, -0.2) is 4.39 Å². The lowest BCUT2D eigenvalue weighted by Gasteiger charge is -2.15. The van der Waals surface area contributed by atoms with Gasteiger partial charge in [-0.2, -0.15) is 0 Å². The van der Waals surface area contributed by atoms with E-state index in [-0.39, 0.29) is 23.6 Å². The Morgan fingerprint density at radius 1 is 1.44 bits per heavy atom. The second kappa shape index (κ2) is 4.83. The van der Waals surface area contributed by atoms with Gasteiger partial charge >= 0.3 is 0 Å². The fraction of sp³-hybridized carbons (Fsp3) is 0.538. The Labute approximate surface area is 95.1 Å². The first-order chi connectivity index (χ1) is 7.72. The van der Waals surface area contributed by atoms with Crippen LogP contribution in [0.5, 0.6) is 5.75 Å². The third-order valence-corrected chi connectivity index (χ3v) is 3.36. The Bertz CT molecular complexity index is 365. The Kier molecular flexibility index (Phi) is 3.44. The van der Waals surface area contributed by atoms with E-state index in [2.05, 4.69) is 0 Å². The number of methoxy groups -OCH3 is 1. The Morgan fingerprint density at radius 2 is 2.25 bits per heavy atom. The number of hydrogen-bond acceptors (Lipinski definition) is 2. The van der Waals surface area contributed by atoms with Crippen molar-refractivity contribution in [2.24, 2.45) is 5.92 Å². The molecule has 1 N–H and O–H groups in total. The lowest BCUT2D eigenvalue weighted by molar-refractivity contribution is 0.132. The summed E-state index contributed by atoms with van der Waals surface area (Å²) in [5.41, 5.74) is 0.644. The van der Waals surface area contributed by atoms with Crippen LogP contribution < -0.4 is 4.74 Å². The first-order valence-electron chi connectivity index (χ1n) is 5.72. The largest absolute Gasteiger partial charge is 0.494 e. The van der Waals surface area contributed by atoms with Gasteiger partial charge in [0.1, 0.15) is 0 Å². The number of benzene rings is 1. The molecule has 0 heterocycles. The van der Waals surface area contributed by atoms with E-state index in [1.54, 1.807) is 18.2 Å². The van der Waals surface area contributed by atoms with Crippen LogP contribution in [0, 0.1) is 11.7 Å². The van der Waals surface area contributed by atoms with Crippen LogP contribution in [-0.4, -0.2) is 18.3 Å². The lowest BCUT2D eigenvalue weighted by Crippen LogP contribution is -2.16. The zero-order valence-corrected chi connectivity index (χ0v) is 9.45. The summed E-state index contributed by atoms with van der Waals surface area (Å²) in [5, 5.41) is 9.71. The van der Waals surface area contributed by atoms with E-state index in [0.717, 1.165) is 19.3 Å². The van der Waals surface area contributed by atoms with Crippen LogP contribution in [0.15, 0.2) is 18.2 Å². The van der Waals surface area contributed by atoms with Crippen molar-refractivity contribution in [1.82, 2.24) is 0 Å². The maximum Gasteiger partial charge on any atom is 0.168 e. The highest BCUT2D eigenvalue weighted by molar-refractivity contribution is 5.31. The van der Waals surface area contributed by atoms with Crippen LogP contribution in [0.25, 0.3) is 0 Å². The summed E-state index contributed by atoms with van der Waals surface area (Å²) < 4.78 is 18.8. The van der Waals surface area contributed by atoms with E-state index in [0.29, 0.717) is 12.0 Å². The molecule has 1 aromatic rings. The molecule has 1 aliphatic carbocycles. The summed E-state index contributed by atoms with van der Waals surface area (Å²) >= 11 is 0. The van der Waals surface area contributed by atoms with Crippen LogP contribution in [0.1, 0.15) is 24.8 Å². The maximum atomic E-state index is 13.8. The first-order valence-corrected chi connectivity index (χ1v) is 5.72. The van der Waals surface area contributed by atoms with Crippen LogP contribution in [0.3, 0.4) is 0 Å². The number of aliphatic hydroxyl groups excluding tert-OH is 1. The summed E-state index contributed by atoms with van der Waals surface area (Å²) in [7, 11) is 1.46. The molecule has 1 aliphatic rings. The highest BCUT2D eigenvalue weighted by Crippen LogP contribution is 2.31. The topological polar surface area (TPSA) is 29.5 Å². The third-order valence-electron chi connectivity index (χ3n) is 3.36. The van der Waals surface area contributed by atoms with Crippen molar-refractivity contribution in [3.05, 3.63) is 29.6 Å². The Balaban J connectivity index is 2.14. The van der Waals surface area contributed by atoms with Crippen molar-refractivity contribution in [1.29, 1.82) is 0 Å². The standard InChI is InChI=1S/C13H17FO2/c1-16-12-7-3-5-10(13(12)14)8-9-4-2-6-11(9)15/h3,5,7,9,11,15H,2,4,6,8H2,1H3. The predicted molar refractivity (Wildman–Crippen MR) is 60.0 cm³/mol. The summed E-state index contributed by atoms with van der Waals surface area (Å²) in [6, 6.07) is 5.17. The van der Waals surface area contributed by atoms with Gasteiger partial charge in [-0.1, -0.05) is 18.6 Å². The number of rotatable bonds is 3. The van der Waals surface area contributed by atoms with Crippen LogP contribution in [0.2, 0.25) is 0 Å². The highest BCUT2D eigenvalue weighted by atomic mass is 19.1. The minimum Gasteiger partial charge on any atom is -0.494 e. The molecule has 1 aromatic carbocycles. The minimum atomic E-state index is -0.288. The van der Waals surface area contributed by atoms with E-state index in [4.69, 9.17) is 4.74 Å². The van der Waals surface area contributed by atoms with E-state index in [1.165, 1.54) is 7.11 Å². The second-order valence-corrected chi connectivity index (χ2v) is 4.40. The van der Waals surface area contributed by atoms with Crippen molar-refractivity contribution in [3.63, 3.8) is 0 Å². The van der Waals surface area contributed by atoms with E-state index in [9.17, 15) is 9.50 Å². The van der Waals surface area contributed by atoms with Gasteiger partial charge in [0, 0.05) is 0 Å². The van der Waals surface area contributed by atoms with Gasteiger partial charge in [0.25, 0.3) is 0 Å². The van der Waals surface area contributed by atoms with Crippen molar-refractivity contribution in [3.8, 4) is 5.75 Å². The van der Waals surface area contributed by atoms with Crippen LogP contribution in [0.4, 0.5) is 4.39 Å². The Morgan fingerprint density at radius 3 is 2.88 bits per heavy atom. The summed E-state index contributed by atoms with van der Waals surface area (Å²) in [4.78, 5) is 0. The average Bonchev–Trinajstić information content (AvgIpc) is 2.68. The van der Waals surface area contributed by atoms with Gasteiger partial charge in [-0.15, -0.1) is 0 Å². The molecule has 2 unspecified atom stereocenters. The molecule has 1 fully saturated rings. The van der Waals surface area contributed by atoms with Gasteiger partial charge in [-0.05, 0) is 36.8 Å². The zero-order valence-electron chi connectivity index (χ0n) is 9.45. The molecule has 1 saturated carbocycles. The molecule has 2 rings (SSSR count). The Hall–Kier alpha value is -1.09. The summed E-state index contributed by atoms with van der Waals surface area (Å²) in [5.74, 6) is 0.190.